The van der Waals surface area contributed by atoms with Crippen molar-refractivity contribution >= 4 is 27.5 Å². The molecule has 0 unspecified atom stereocenters. The predicted octanol–water partition coefficient (Wildman–Crippen LogP) is 5.70. The van der Waals surface area contributed by atoms with Gasteiger partial charge in [-0.15, -0.1) is 0 Å². The van der Waals surface area contributed by atoms with Gasteiger partial charge in [0.05, 0.1) is 9.50 Å². The van der Waals surface area contributed by atoms with E-state index in [1.54, 1.807) is 0 Å². The van der Waals surface area contributed by atoms with Gasteiger partial charge in [0.15, 0.2) is 0 Å². The van der Waals surface area contributed by atoms with Gasteiger partial charge >= 0.3 is 0 Å². The lowest BCUT2D eigenvalue weighted by Gasteiger charge is -2.11. The molecule has 21 heavy (non-hydrogen) atoms. The van der Waals surface area contributed by atoms with Crippen molar-refractivity contribution < 1.29 is 4.74 Å². The first-order chi connectivity index (χ1) is 10.1. The molecule has 0 saturated heterocycles. The molecule has 2 aromatic rings. The van der Waals surface area contributed by atoms with E-state index in [-0.39, 0.29) is 0 Å². The van der Waals surface area contributed by atoms with E-state index in [9.17, 15) is 0 Å². The van der Waals surface area contributed by atoms with Crippen LogP contribution in [0.5, 0.6) is 11.5 Å². The maximum absolute atomic E-state index is 6.31. The van der Waals surface area contributed by atoms with Gasteiger partial charge in [-0.3, -0.25) is 0 Å². The second-order valence-corrected chi connectivity index (χ2v) is 6.24. The largest absolute Gasteiger partial charge is 0.455 e. The first-order valence-corrected chi connectivity index (χ1v) is 8.20. The van der Waals surface area contributed by atoms with Gasteiger partial charge < -0.3 is 10.1 Å². The van der Waals surface area contributed by atoms with Crippen LogP contribution in [-0.4, -0.2) is 6.54 Å². The van der Waals surface area contributed by atoms with Gasteiger partial charge in [0.2, 0.25) is 0 Å². The van der Waals surface area contributed by atoms with Crippen LogP contribution in [0.15, 0.2) is 40.9 Å². The Hall–Kier alpha value is -1.03. The van der Waals surface area contributed by atoms with Gasteiger partial charge in [-0.2, -0.15) is 0 Å². The SMILES string of the molecule is CCCNCc1ccc(Oc2ccc(C)cc2Br)c(Cl)c1. The molecule has 2 aromatic carbocycles. The lowest BCUT2D eigenvalue weighted by Crippen LogP contribution is -2.13. The molecule has 0 amide bonds. The highest BCUT2D eigenvalue weighted by Crippen LogP contribution is 2.34. The first kappa shape index (κ1) is 16.3. The Bertz CT molecular complexity index is 616. The van der Waals surface area contributed by atoms with Crippen molar-refractivity contribution in [2.75, 3.05) is 6.54 Å². The lowest BCUT2D eigenvalue weighted by molar-refractivity contribution is 0.479. The first-order valence-electron chi connectivity index (χ1n) is 7.03. The molecule has 0 aliphatic carbocycles. The molecule has 0 aromatic heterocycles. The smallest absolute Gasteiger partial charge is 0.146 e. The van der Waals surface area contributed by atoms with Crippen LogP contribution in [0.25, 0.3) is 0 Å². The Balaban J connectivity index is 2.10. The highest BCUT2D eigenvalue weighted by molar-refractivity contribution is 9.10. The number of hydrogen-bond acceptors (Lipinski definition) is 2. The Labute approximate surface area is 139 Å². The molecule has 0 radical (unpaired) electrons. The zero-order valence-corrected chi connectivity index (χ0v) is 14.6. The van der Waals surface area contributed by atoms with Crippen molar-refractivity contribution in [1.82, 2.24) is 5.32 Å². The van der Waals surface area contributed by atoms with Crippen LogP contribution >= 0.6 is 27.5 Å². The van der Waals surface area contributed by atoms with E-state index in [0.29, 0.717) is 10.8 Å². The van der Waals surface area contributed by atoms with Crippen molar-refractivity contribution in [3.8, 4) is 11.5 Å². The van der Waals surface area contributed by atoms with E-state index in [1.165, 1.54) is 5.56 Å². The molecule has 0 atom stereocenters. The molecule has 0 heterocycles. The molecule has 2 rings (SSSR count). The van der Waals surface area contributed by atoms with Crippen molar-refractivity contribution in [1.29, 1.82) is 0 Å². The lowest BCUT2D eigenvalue weighted by atomic mass is 10.2. The van der Waals surface area contributed by atoms with E-state index in [0.717, 1.165) is 35.3 Å². The standard InChI is InChI=1S/C17H19BrClNO/c1-3-8-20-11-13-5-7-17(15(19)10-13)21-16-6-4-12(2)9-14(16)18/h4-7,9-10,20H,3,8,11H2,1-2H3. The predicted molar refractivity (Wildman–Crippen MR) is 92.4 cm³/mol. The number of aryl methyl sites for hydroxylation is 1. The third-order valence-electron chi connectivity index (χ3n) is 3.06. The van der Waals surface area contributed by atoms with E-state index < -0.39 is 0 Å². The van der Waals surface area contributed by atoms with E-state index >= 15 is 0 Å². The van der Waals surface area contributed by atoms with Gasteiger partial charge in [0.25, 0.3) is 0 Å². The van der Waals surface area contributed by atoms with Gasteiger partial charge in [0, 0.05) is 6.54 Å². The van der Waals surface area contributed by atoms with E-state index in [1.807, 2.05) is 43.3 Å². The molecule has 0 fully saturated rings. The molecule has 0 saturated carbocycles. The molecule has 0 aliphatic heterocycles. The number of hydrogen-bond donors (Lipinski definition) is 1. The molecule has 0 aliphatic rings. The minimum Gasteiger partial charge on any atom is -0.455 e. The van der Waals surface area contributed by atoms with Crippen molar-refractivity contribution in [3.05, 3.63) is 57.0 Å². The Kier molecular flexibility index (Phi) is 6.09. The van der Waals surface area contributed by atoms with Crippen molar-refractivity contribution in [2.24, 2.45) is 0 Å². The van der Waals surface area contributed by atoms with Crippen LogP contribution in [0.3, 0.4) is 0 Å². The molecule has 112 valence electrons. The monoisotopic (exact) mass is 367 g/mol. The van der Waals surface area contributed by atoms with Crippen LogP contribution in [0.4, 0.5) is 0 Å². The van der Waals surface area contributed by atoms with Crippen molar-refractivity contribution in [2.45, 2.75) is 26.8 Å². The minimum atomic E-state index is 0.623. The number of benzene rings is 2. The van der Waals surface area contributed by atoms with Gasteiger partial charge in [0.1, 0.15) is 11.5 Å². The quantitative estimate of drug-likeness (QED) is 0.660. The second-order valence-electron chi connectivity index (χ2n) is 4.98. The summed E-state index contributed by atoms with van der Waals surface area (Å²) in [5, 5.41) is 3.98. The van der Waals surface area contributed by atoms with Crippen LogP contribution in [0.1, 0.15) is 24.5 Å². The molecule has 4 heteroatoms. The second kappa shape index (κ2) is 7.83. The third kappa shape index (κ3) is 4.73. The number of halogens is 2. The molecule has 1 N–H and O–H groups in total. The summed E-state index contributed by atoms with van der Waals surface area (Å²) in [7, 11) is 0. The molecular formula is C17H19BrClNO. The normalized spacial score (nSPS) is 10.7. The summed E-state index contributed by atoms with van der Waals surface area (Å²) in [5.41, 5.74) is 2.33. The fourth-order valence-corrected chi connectivity index (χ4v) is 2.77. The molecular weight excluding hydrogens is 350 g/mol. The maximum atomic E-state index is 6.31. The third-order valence-corrected chi connectivity index (χ3v) is 3.97. The summed E-state index contributed by atoms with van der Waals surface area (Å²) in [6.07, 6.45) is 1.12. The number of nitrogens with one attached hydrogen (secondary N) is 1. The summed E-state index contributed by atoms with van der Waals surface area (Å²) >= 11 is 9.82. The average Bonchev–Trinajstić information content (AvgIpc) is 2.44. The van der Waals surface area contributed by atoms with Gasteiger partial charge in [-0.05, 0) is 71.2 Å². The summed E-state index contributed by atoms with van der Waals surface area (Å²) in [6, 6.07) is 11.9. The summed E-state index contributed by atoms with van der Waals surface area (Å²) in [5.74, 6) is 1.43. The molecule has 0 spiro atoms. The zero-order chi connectivity index (χ0) is 15.2. The summed E-state index contributed by atoms with van der Waals surface area (Å²) in [4.78, 5) is 0. The minimum absolute atomic E-state index is 0.623. The Morgan fingerprint density at radius 1 is 1.14 bits per heavy atom. The summed E-state index contributed by atoms with van der Waals surface area (Å²) in [6.45, 7) is 6.02. The zero-order valence-electron chi connectivity index (χ0n) is 12.2. The number of rotatable bonds is 6. The van der Waals surface area contributed by atoms with E-state index in [4.69, 9.17) is 16.3 Å². The maximum Gasteiger partial charge on any atom is 0.146 e. The van der Waals surface area contributed by atoms with Crippen LogP contribution in [0.2, 0.25) is 5.02 Å². The highest BCUT2D eigenvalue weighted by atomic mass is 79.9. The fourth-order valence-electron chi connectivity index (χ4n) is 1.95. The topological polar surface area (TPSA) is 21.3 Å². The highest BCUT2D eigenvalue weighted by Gasteiger charge is 2.07. The van der Waals surface area contributed by atoms with E-state index in [2.05, 4.69) is 28.2 Å². The average molecular weight is 369 g/mol. The molecule has 2 nitrogen and oxygen atoms in total. The summed E-state index contributed by atoms with van der Waals surface area (Å²) < 4.78 is 6.80. The van der Waals surface area contributed by atoms with Crippen molar-refractivity contribution in [3.63, 3.8) is 0 Å². The van der Waals surface area contributed by atoms with Gasteiger partial charge in [-0.25, -0.2) is 0 Å². The Morgan fingerprint density at radius 2 is 1.90 bits per heavy atom. The van der Waals surface area contributed by atoms with Crippen LogP contribution in [-0.2, 0) is 6.54 Å². The van der Waals surface area contributed by atoms with Gasteiger partial charge in [-0.1, -0.05) is 30.7 Å². The Morgan fingerprint density at radius 3 is 2.57 bits per heavy atom. The molecule has 0 bridgehead atoms. The van der Waals surface area contributed by atoms with Crippen LogP contribution in [0, 0.1) is 6.92 Å². The fraction of sp³-hybridized carbons (Fsp3) is 0.294. The number of ether oxygens (including phenoxy) is 1. The van der Waals surface area contributed by atoms with Crippen LogP contribution < -0.4 is 10.1 Å².